The van der Waals surface area contributed by atoms with Crippen molar-refractivity contribution in [1.29, 1.82) is 0 Å². The van der Waals surface area contributed by atoms with Crippen LogP contribution in [0.25, 0.3) is 0 Å². The molecule has 2 aromatic rings. The van der Waals surface area contributed by atoms with Gasteiger partial charge in [-0.05, 0) is 18.9 Å². The molecule has 0 radical (unpaired) electrons. The third kappa shape index (κ3) is 4.12. The van der Waals surface area contributed by atoms with Crippen LogP contribution in [0.1, 0.15) is 24.9 Å². The minimum absolute atomic E-state index is 0.465. The Morgan fingerprint density at radius 2 is 2.17 bits per heavy atom. The number of likely N-dealkylation sites (tertiary alicyclic amines) is 1. The van der Waals surface area contributed by atoms with E-state index in [1.165, 1.54) is 12.0 Å². The Kier molecular flexibility index (Phi) is 5.31. The predicted octanol–water partition coefficient (Wildman–Crippen LogP) is 2.78. The zero-order valence-corrected chi connectivity index (χ0v) is 14.0. The Bertz CT molecular complexity index is 598. The van der Waals surface area contributed by atoms with Gasteiger partial charge < -0.3 is 10.1 Å². The molecule has 1 N–H and O–H groups in total. The lowest BCUT2D eigenvalue weighted by Gasteiger charge is -2.24. The van der Waals surface area contributed by atoms with E-state index < -0.39 is 0 Å². The van der Waals surface area contributed by atoms with Gasteiger partial charge in [0.2, 0.25) is 0 Å². The number of hydrogen-bond acceptors (Lipinski definition) is 4. The van der Waals surface area contributed by atoms with Crippen LogP contribution in [0, 0.1) is 0 Å². The Hall–Kier alpha value is -1.85. The number of ether oxygens (including phenoxy) is 1. The SMILES string of the molecule is COCCn1cc(N[C@H]2CCN([C@H](C)c3ccccc3)C2)cn1. The monoisotopic (exact) mass is 314 g/mol. The number of nitrogens with one attached hydrogen (secondary N) is 1. The molecular weight excluding hydrogens is 288 g/mol. The smallest absolute Gasteiger partial charge is 0.0729 e. The average molecular weight is 314 g/mol. The van der Waals surface area contributed by atoms with Crippen LogP contribution in [0.5, 0.6) is 0 Å². The molecule has 0 saturated carbocycles. The summed E-state index contributed by atoms with van der Waals surface area (Å²) in [6.07, 6.45) is 5.13. The maximum absolute atomic E-state index is 5.08. The highest BCUT2D eigenvalue weighted by molar-refractivity contribution is 5.39. The second-order valence-corrected chi connectivity index (χ2v) is 6.20. The van der Waals surface area contributed by atoms with Crippen molar-refractivity contribution >= 4 is 5.69 Å². The Morgan fingerprint density at radius 1 is 1.35 bits per heavy atom. The molecule has 0 unspecified atom stereocenters. The van der Waals surface area contributed by atoms with Gasteiger partial charge in [0, 0.05) is 38.5 Å². The Balaban J connectivity index is 1.52. The van der Waals surface area contributed by atoms with Crippen LogP contribution in [-0.4, -0.2) is 47.5 Å². The maximum Gasteiger partial charge on any atom is 0.0729 e. The molecule has 23 heavy (non-hydrogen) atoms. The lowest BCUT2D eigenvalue weighted by molar-refractivity contribution is 0.183. The van der Waals surface area contributed by atoms with Crippen LogP contribution in [0.4, 0.5) is 5.69 Å². The van der Waals surface area contributed by atoms with Gasteiger partial charge in [-0.15, -0.1) is 0 Å². The number of hydrogen-bond donors (Lipinski definition) is 1. The first-order valence-electron chi connectivity index (χ1n) is 8.33. The number of anilines is 1. The van der Waals surface area contributed by atoms with Crippen molar-refractivity contribution in [3.05, 3.63) is 48.3 Å². The van der Waals surface area contributed by atoms with Crippen LogP contribution >= 0.6 is 0 Å². The summed E-state index contributed by atoms with van der Waals surface area (Å²) < 4.78 is 7.00. The van der Waals surface area contributed by atoms with Gasteiger partial charge in [0.15, 0.2) is 0 Å². The normalized spacial score (nSPS) is 19.8. The standard InChI is InChI=1S/C18H26N4O/c1-15(16-6-4-3-5-7-16)21-9-8-17(13-21)20-18-12-19-22(14-18)10-11-23-2/h3-7,12,14-15,17,20H,8-11,13H2,1-2H3/t15-,17+/m1/s1. The van der Waals surface area contributed by atoms with Crippen LogP contribution in [-0.2, 0) is 11.3 Å². The van der Waals surface area contributed by atoms with Crippen molar-refractivity contribution in [1.82, 2.24) is 14.7 Å². The molecule has 0 bridgehead atoms. The first kappa shape index (κ1) is 16.0. The van der Waals surface area contributed by atoms with Crippen molar-refractivity contribution in [3.63, 3.8) is 0 Å². The van der Waals surface area contributed by atoms with E-state index in [9.17, 15) is 0 Å². The molecule has 2 atom stereocenters. The first-order valence-corrected chi connectivity index (χ1v) is 8.33. The van der Waals surface area contributed by atoms with E-state index in [4.69, 9.17) is 4.74 Å². The Labute approximate surface area is 138 Å². The third-order valence-electron chi connectivity index (χ3n) is 4.58. The minimum atomic E-state index is 0.465. The van der Waals surface area contributed by atoms with Gasteiger partial charge >= 0.3 is 0 Å². The second kappa shape index (κ2) is 7.62. The predicted molar refractivity (Wildman–Crippen MR) is 92.6 cm³/mol. The fraction of sp³-hybridized carbons (Fsp3) is 0.500. The summed E-state index contributed by atoms with van der Waals surface area (Å²) >= 11 is 0. The first-order chi connectivity index (χ1) is 11.3. The van der Waals surface area contributed by atoms with E-state index in [-0.39, 0.29) is 0 Å². The van der Waals surface area contributed by atoms with E-state index in [0.717, 1.165) is 25.3 Å². The molecule has 124 valence electrons. The highest BCUT2D eigenvalue weighted by Crippen LogP contribution is 2.25. The molecule has 0 amide bonds. The van der Waals surface area contributed by atoms with Crippen LogP contribution < -0.4 is 5.32 Å². The van der Waals surface area contributed by atoms with Crippen LogP contribution in [0.15, 0.2) is 42.7 Å². The number of methoxy groups -OCH3 is 1. The Morgan fingerprint density at radius 3 is 2.96 bits per heavy atom. The second-order valence-electron chi connectivity index (χ2n) is 6.20. The molecule has 1 aliphatic rings. The molecule has 1 aromatic carbocycles. The molecule has 5 heteroatoms. The summed E-state index contributed by atoms with van der Waals surface area (Å²) in [5.41, 5.74) is 2.49. The van der Waals surface area contributed by atoms with Crippen molar-refractivity contribution in [2.75, 3.05) is 32.1 Å². The van der Waals surface area contributed by atoms with E-state index in [1.807, 2.05) is 10.9 Å². The summed E-state index contributed by atoms with van der Waals surface area (Å²) in [5, 5.41) is 7.97. The average Bonchev–Trinajstić information content (AvgIpc) is 3.23. The molecule has 1 aliphatic heterocycles. The van der Waals surface area contributed by atoms with E-state index in [0.29, 0.717) is 18.7 Å². The van der Waals surface area contributed by atoms with Crippen molar-refractivity contribution in [2.45, 2.75) is 32.0 Å². The third-order valence-corrected chi connectivity index (χ3v) is 4.58. The van der Waals surface area contributed by atoms with Gasteiger partial charge in [0.25, 0.3) is 0 Å². The molecule has 0 spiro atoms. The summed E-state index contributed by atoms with van der Waals surface area (Å²) in [5.74, 6) is 0. The highest BCUT2D eigenvalue weighted by atomic mass is 16.5. The van der Waals surface area contributed by atoms with Gasteiger partial charge in [-0.1, -0.05) is 30.3 Å². The molecule has 2 heterocycles. The quantitative estimate of drug-likeness (QED) is 0.853. The highest BCUT2D eigenvalue weighted by Gasteiger charge is 2.26. The topological polar surface area (TPSA) is 42.3 Å². The van der Waals surface area contributed by atoms with Gasteiger partial charge in [-0.3, -0.25) is 9.58 Å². The fourth-order valence-electron chi connectivity index (χ4n) is 3.18. The zero-order chi connectivity index (χ0) is 16.1. The number of nitrogens with zero attached hydrogens (tertiary/aromatic N) is 3. The molecule has 1 saturated heterocycles. The summed E-state index contributed by atoms with van der Waals surface area (Å²) in [4.78, 5) is 2.54. The van der Waals surface area contributed by atoms with E-state index >= 15 is 0 Å². The van der Waals surface area contributed by atoms with Crippen LogP contribution in [0.3, 0.4) is 0 Å². The molecule has 1 aromatic heterocycles. The van der Waals surface area contributed by atoms with Gasteiger partial charge in [0.1, 0.15) is 0 Å². The van der Waals surface area contributed by atoms with Gasteiger partial charge in [0.05, 0.1) is 25.0 Å². The summed E-state index contributed by atoms with van der Waals surface area (Å²) in [7, 11) is 1.71. The number of rotatable bonds is 7. The van der Waals surface area contributed by atoms with Crippen molar-refractivity contribution < 1.29 is 4.74 Å². The van der Waals surface area contributed by atoms with Gasteiger partial charge in [-0.2, -0.15) is 5.10 Å². The number of aromatic nitrogens is 2. The minimum Gasteiger partial charge on any atom is -0.383 e. The molecule has 1 fully saturated rings. The lowest BCUT2D eigenvalue weighted by atomic mass is 10.1. The molecular formula is C18H26N4O. The number of benzene rings is 1. The van der Waals surface area contributed by atoms with Gasteiger partial charge in [-0.25, -0.2) is 0 Å². The molecule has 3 rings (SSSR count). The molecule has 0 aliphatic carbocycles. The largest absolute Gasteiger partial charge is 0.383 e. The zero-order valence-electron chi connectivity index (χ0n) is 14.0. The van der Waals surface area contributed by atoms with Crippen molar-refractivity contribution in [3.8, 4) is 0 Å². The fourth-order valence-corrected chi connectivity index (χ4v) is 3.18. The van der Waals surface area contributed by atoms with Crippen LogP contribution in [0.2, 0.25) is 0 Å². The van der Waals surface area contributed by atoms with E-state index in [2.05, 4.69) is 58.8 Å². The summed E-state index contributed by atoms with van der Waals surface area (Å²) in [6.45, 7) is 5.97. The van der Waals surface area contributed by atoms with Crippen molar-refractivity contribution in [2.24, 2.45) is 0 Å². The maximum atomic E-state index is 5.08. The molecule has 5 nitrogen and oxygen atoms in total. The lowest BCUT2D eigenvalue weighted by Crippen LogP contribution is -2.28. The van der Waals surface area contributed by atoms with E-state index in [1.54, 1.807) is 7.11 Å². The summed E-state index contributed by atoms with van der Waals surface area (Å²) in [6, 6.07) is 11.7.